The maximum Gasteiger partial charge on any atom is 0.301 e. The van der Waals surface area contributed by atoms with Gasteiger partial charge < -0.3 is 5.32 Å². The van der Waals surface area contributed by atoms with E-state index in [0.717, 1.165) is 60.2 Å². The molecule has 8 nitrogen and oxygen atoms in total. The monoisotopic (exact) mass is 442 g/mol. The van der Waals surface area contributed by atoms with Crippen LogP contribution in [0.1, 0.15) is 24.0 Å². The molecule has 1 saturated heterocycles. The number of hydrogen-bond donors (Lipinski definition) is 3. The lowest BCUT2D eigenvalue weighted by Gasteiger charge is -2.34. The standard InChI is InChI=1S/C22H30N6O2S/c1-16-6-7-17(11-22(16)26-31(29,30)27(2)3)14-28-10-4-5-20(15-28)24-19-8-9-21-18(12-19)13-23-25-21/h6-9,11-13,20,24,26H,4-5,10,14-15H2,1-3H3,(H,23,25)/t20-/m1/s1. The third-order valence-electron chi connectivity index (χ3n) is 5.74. The van der Waals surface area contributed by atoms with Crippen LogP contribution < -0.4 is 10.0 Å². The first-order valence-corrected chi connectivity index (χ1v) is 12.0. The zero-order chi connectivity index (χ0) is 22.0. The highest BCUT2D eigenvalue weighted by Gasteiger charge is 2.21. The SMILES string of the molecule is Cc1ccc(CN2CCC[C@@H](Nc3ccc4[nH]ncc4c3)C2)cc1NS(=O)(=O)N(C)C. The number of rotatable bonds is 7. The van der Waals surface area contributed by atoms with Crippen LogP contribution in [-0.4, -0.2) is 61.0 Å². The van der Waals surface area contributed by atoms with Gasteiger partial charge in [-0.05, 0) is 61.7 Å². The van der Waals surface area contributed by atoms with Crippen LogP contribution in [0.15, 0.2) is 42.6 Å². The van der Waals surface area contributed by atoms with Crippen molar-refractivity contribution in [2.75, 3.05) is 37.2 Å². The van der Waals surface area contributed by atoms with Crippen LogP contribution in [0.25, 0.3) is 10.9 Å². The number of aromatic amines is 1. The smallest absolute Gasteiger partial charge is 0.301 e. The Balaban J connectivity index is 1.41. The molecule has 2 aromatic carbocycles. The second-order valence-corrected chi connectivity index (χ2v) is 10.3. The predicted molar refractivity (Wildman–Crippen MR) is 125 cm³/mol. The number of nitrogens with zero attached hydrogens (tertiary/aromatic N) is 3. The lowest BCUT2D eigenvalue weighted by Crippen LogP contribution is -2.41. The molecule has 0 radical (unpaired) electrons. The van der Waals surface area contributed by atoms with Crippen LogP contribution >= 0.6 is 0 Å². The number of nitrogens with one attached hydrogen (secondary N) is 3. The number of piperidine rings is 1. The zero-order valence-electron chi connectivity index (χ0n) is 18.2. The van der Waals surface area contributed by atoms with E-state index in [4.69, 9.17) is 0 Å². The van der Waals surface area contributed by atoms with Crippen molar-refractivity contribution in [3.63, 3.8) is 0 Å². The first kappa shape index (κ1) is 21.6. The van der Waals surface area contributed by atoms with Gasteiger partial charge in [0.05, 0.1) is 17.4 Å². The topological polar surface area (TPSA) is 93.4 Å². The molecule has 1 atom stereocenters. The van der Waals surface area contributed by atoms with Gasteiger partial charge in [-0.3, -0.25) is 14.7 Å². The molecule has 1 aliphatic rings. The predicted octanol–water partition coefficient (Wildman–Crippen LogP) is 3.17. The minimum Gasteiger partial charge on any atom is -0.381 e. The Morgan fingerprint density at radius 3 is 2.87 bits per heavy atom. The molecule has 0 amide bonds. The molecular formula is C22H30N6O2S. The van der Waals surface area contributed by atoms with Gasteiger partial charge in [0.2, 0.25) is 0 Å². The lowest BCUT2D eigenvalue weighted by molar-refractivity contribution is 0.208. The van der Waals surface area contributed by atoms with E-state index >= 15 is 0 Å². The molecule has 31 heavy (non-hydrogen) atoms. The minimum atomic E-state index is -3.53. The van der Waals surface area contributed by atoms with Crippen molar-refractivity contribution < 1.29 is 8.42 Å². The Morgan fingerprint density at radius 2 is 2.06 bits per heavy atom. The van der Waals surface area contributed by atoms with E-state index in [0.29, 0.717) is 11.7 Å². The van der Waals surface area contributed by atoms with Crippen molar-refractivity contribution in [3.8, 4) is 0 Å². The third kappa shape index (κ3) is 5.17. The fourth-order valence-corrected chi connectivity index (χ4v) is 4.63. The van der Waals surface area contributed by atoms with E-state index in [9.17, 15) is 8.42 Å². The molecule has 0 aliphatic carbocycles. The van der Waals surface area contributed by atoms with Gasteiger partial charge in [0, 0.05) is 44.3 Å². The van der Waals surface area contributed by atoms with Crippen molar-refractivity contribution >= 4 is 32.5 Å². The van der Waals surface area contributed by atoms with E-state index in [-0.39, 0.29) is 0 Å². The number of aromatic nitrogens is 2. The van der Waals surface area contributed by atoms with Crippen molar-refractivity contribution in [2.24, 2.45) is 0 Å². The highest BCUT2D eigenvalue weighted by atomic mass is 32.2. The maximum absolute atomic E-state index is 12.2. The quantitative estimate of drug-likeness (QED) is 0.523. The van der Waals surface area contributed by atoms with Gasteiger partial charge >= 0.3 is 10.2 Å². The van der Waals surface area contributed by atoms with Crippen molar-refractivity contribution in [1.29, 1.82) is 0 Å². The Morgan fingerprint density at radius 1 is 1.23 bits per heavy atom. The summed E-state index contributed by atoms with van der Waals surface area (Å²) in [7, 11) is -0.484. The second-order valence-electron chi connectivity index (χ2n) is 8.43. The van der Waals surface area contributed by atoms with E-state index < -0.39 is 10.2 Å². The summed E-state index contributed by atoms with van der Waals surface area (Å²) in [5.74, 6) is 0. The first-order chi connectivity index (χ1) is 14.8. The second kappa shape index (κ2) is 8.86. The van der Waals surface area contributed by atoms with Crippen molar-refractivity contribution in [3.05, 3.63) is 53.7 Å². The minimum absolute atomic E-state index is 0.371. The van der Waals surface area contributed by atoms with Gasteiger partial charge in [0.15, 0.2) is 0 Å². The molecule has 1 fully saturated rings. The van der Waals surface area contributed by atoms with Gasteiger partial charge in [0.25, 0.3) is 0 Å². The number of benzene rings is 2. The third-order valence-corrected chi connectivity index (χ3v) is 7.18. The summed E-state index contributed by atoms with van der Waals surface area (Å²) in [4.78, 5) is 2.42. The summed E-state index contributed by atoms with van der Waals surface area (Å²) < 4.78 is 28.3. The Hall–Kier alpha value is -2.62. The molecule has 0 saturated carbocycles. The number of anilines is 2. The lowest BCUT2D eigenvalue weighted by atomic mass is 10.0. The first-order valence-electron chi connectivity index (χ1n) is 10.5. The molecule has 0 spiro atoms. The average Bonchev–Trinajstić information content (AvgIpc) is 3.18. The van der Waals surface area contributed by atoms with Crippen LogP contribution in [0.5, 0.6) is 0 Å². The van der Waals surface area contributed by atoms with Crippen molar-refractivity contribution in [2.45, 2.75) is 32.4 Å². The van der Waals surface area contributed by atoms with E-state index in [2.05, 4.69) is 43.3 Å². The molecule has 0 unspecified atom stereocenters. The van der Waals surface area contributed by atoms with Crippen LogP contribution in [0.3, 0.4) is 0 Å². The molecule has 2 heterocycles. The number of fused-ring (bicyclic) bond motifs is 1. The fraction of sp³-hybridized carbons (Fsp3) is 0.409. The molecule has 1 aromatic heterocycles. The highest BCUT2D eigenvalue weighted by molar-refractivity contribution is 7.90. The van der Waals surface area contributed by atoms with Crippen LogP contribution in [0, 0.1) is 6.92 Å². The van der Waals surface area contributed by atoms with E-state index in [1.165, 1.54) is 18.4 Å². The highest BCUT2D eigenvalue weighted by Crippen LogP contribution is 2.23. The molecule has 4 rings (SSSR count). The maximum atomic E-state index is 12.2. The molecule has 166 valence electrons. The molecular weight excluding hydrogens is 412 g/mol. The molecule has 0 bridgehead atoms. The number of H-pyrrole nitrogens is 1. The summed E-state index contributed by atoms with van der Waals surface area (Å²) in [6.45, 7) is 4.67. The summed E-state index contributed by atoms with van der Waals surface area (Å²) in [6.07, 6.45) is 4.09. The van der Waals surface area contributed by atoms with Crippen LogP contribution in [0.2, 0.25) is 0 Å². The van der Waals surface area contributed by atoms with Crippen LogP contribution in [0.4, 0.5) is 11.4 Å². The number of likely N-dealkylation sites (tertiary alicyclic amines) is 1. The van der Waals surface area contributed by atoms with E-state index in [1.54, 1.807) is 0 Å². The largest absolute Gasteiger partial charge is 0.381 e. The fourth-order valence-electron chi connectivity index (χ4n) is 3.95. The molecule has 3 aromatic rings. The normalized spacial score (nSPS) is 17.9. The summed E-state index contributed by atoms with van der Waals surface area (Å²) in [6, 6.07) is 12.6. The Labute approximate surface area is 183 Å². The number of aryl methyl sites for hydroxylation is 1. The van der Waals surface area contributed by atoms with Gasteiger partial charge in [-0.1, -0.05) is 12.1 Å². The molecule has 3 N–H and O–H groups in total. The van der Waals surface area contributed by atoms with Gasteiger partial charge in [-0.2, -0.15) is 17.8 Å². The number of hydrogen-bond acceptors (Lipinski definition) is 5. The van der Waals surface area contributed by atoms with Gasteiger partial charge in [0.1, 0.15) is 0 Å². The van der Waals surface area contributed by atoms with Gasteiger partial charge in [-0.25, -0.2) is 0 Å². The Kier molecular flexibility index (Phi) is 6.17. The summed E-state index contributed by atoms with van der Waals surface area (Å²) >= 11 is 0. The van der Waals surface area contributed by atoms with Gasteiger partial charge in [-0.15, -0.1) is 0 Å². The Bertz CT molecular complexity index is 1160. The average molecular weight is 443 g/mol. The zero-order valence-corrected chi connectivity index (χ0v) is 19.0. The summed E-state index contributed by atoms with van der Waals surface area (Å²) in [5.41, 5.74) is 4.78. The summed E-state index contributed by atoms with van der Waals surface area (Å²) in [5, 5.41) is 11.8. The van der Waals surface area contributed by atoms with Crippen molar-refractivity contribution in [1.82, 2.24) is 19.4 Å². The van der Waals surface area contributed by atoms with E-state index in [1.807, 2.05) is 31.3 Å². The molecule has 1 aliphatic heterocycles. The van der Waals surface area contributed by atoms with Crippen LogP contribution in [-0.2, 0) is 16.8 Å². The molecule has 9 heteroatoms.